The number of benzene rings is 2. The van der Waals surface area contributed by atoms with Crippen LogP contribution < -0.4 is 14.2 Å². The number of aryl methyl sites for hydroxylation is 1. The van der Waals surface area contributed by atoms with Gasteiger partial charge in [0.1, 0.15) is 23.9 Å². The number of methoxy groups -OCH3 is 2. The fraction of sp³-hybridized carbons (Fsp3) is 0.211. The van der Waals surface area contributed by atoms with E-state index in [0.717, 1.165) is 43.9 Å². The first kappa shape index (κ1) is 16.6. The molecule has 1 heterocycles. The Morgan fingerprint density at radius 2 is 1.71 bits per heavy atom. The van der Waals surface area contributed by atoms with Crippen molar-refractivity contribution in [3.8, 4) is 17.2 Å². The molecular formula is C19H18BrNO3. The van der Waals surface area contributed by atoms with Crippen molar-refractivity contribution in [2.75, 3.05) is 14.2 Å². The zero-order valence-corrected chi connectivity index (χ0v) is 15.4. The van der Waals surface area contributed by atoms with Crippen LogP contribution in [0.25, 0.3) is 10.9 Å². The number of ether oxygens (including phenoxy) is 3. The molecule has 0 spiro atoms. The minimum Gasteiger partial charge on any atom is -0.497 e. The standard InChI is InChI=1S/C19H18BrNO3/c1-12-8-18(24-11-13-4-6-14(22-2)7-5-13)15-9-16(20)19(23-3)10-17(15)21-12/h4-10H,11H2,1-3H3. The molecule has 5 heteroatoms. The Kier molecular flexibility index (Phi) is 4.90. The van der Waals surface area contributed by atoms with Crippen molar-refractivity contribution in [2.45, 2.75) is 13.5 Å². The van der Waals surface area contributed by atoms with Crippen LogP contribution in [0.5, 0.6) is 17.2 Å². The lowest BCUT2D eigenvalue weighted by Crippen LogP contribution is -1.98. The van der Waals surface area contributed by atoms with Gasteiger partial charge in [-0.1, -0.05) is 12.1 Å². The van der Waals surface area contributed by atoms with E-state index in [1.807, 2.05) is 49.4 Å². The van der Waals surface area contributed by atoms with Crippen molar-refractivity contribution in [3.63, 3.8) is 0 Å². The van der Waals surface area contributed by atoms with E-state index in [4.69, 9.17) is 14.2 Å². The zero-order valence-electron chi connectivity index (χ0n) is 13.8. The van der Waals surface area contributed by atoms with Crippen molar-refractivity contribution in [1.29, 1.82) is 0 Å². The molecule has 0 aliphatic carbocycles. The molecule has 2 aromatic carbocycles. The molecular weight excluding hydrogens is 370 g/mol. The lowest BCUT2D eigenvalue weighted by molar-refractivity contribution is 0.309. The summed E-state index contributed by atoms with van der Waals surface area (Å²) in [6.07, 6.45) is 0. The summed E-state index contributed by atoms with van der Waals surface area (Å²) >= 11 is 3.52. The first-order valence-electron chi connectivity index (χ1n) is 7.51. The molecule has 0 unspecified atom stereocenters. The predicted octanol–water partition coefficient (Wildman–Crippen LogP) is 4.90. The highest BCUT2D eigenvalue weighted by molar-refractivity contribution is 9.10. The number of fused-ring (bicyclic) bond motifs is 1. The fourth-order valence-electron chi connectivity index (χ4n) is 2.48. The van der Waals surface area contributed by atoms with E-state index in [1.54, 1.807) is 14.2 Å². The first-order valence-corrected chi connectivity index (χ1v) is 8.30. The van der Waals surface area contributed by atoms with Gasteiger partial charge >= 0.3 is 0 Å². The van der Waals surface area contributed by atoms with Gasteiger partial charge in [0.05, 0.1) is 24.2 Å². The Morgan fingerprint density at radius 1 is 0.958 bits per heavy atom. The van der Waals surface area contributed by atoms with Crippen molar-refractivity contribution >= 4 is 26.8 Å². The summed E-state index contributed by atoms with van der Waals surface area (Å²) in [5.74, 6) is 2.39. The molecule has 3 rings (SSSR count). The number of aromatic nitrogens is 1. The zero-order chi connectivity index (χ0) is 17.1. The Morgan fingerprint density at radius 3 is 2.38 bits per heavy atom. The maximum atomic E-state index is 6.05. The molecule has 24 heavy (non-hydrogen) atoms. The molecule has 0 N–H and O–H groups in total. The van der Waals surface area contributed by atoms with Gasteiger partial charge in [-0.3, -0.25) is 4.98 Å². The van der Waals surface area contributed by atoms with E-state index in [-0.39, 0.29) is 0 Å². The average molecular weight is 388 g/mol. The third-order valence-corrected chi connectivity index (χ3v) is 4.35. The van der Waals surface area contributed by atoms with Gasteiger partial charge in [0.15, 0.2) is 0 Å². The maximum absolute atomic E-state index is 6.05. The second-order valence-corrected chi connectivity index (χ2v) is 6.26. The number of nitrogens with zero attached hydrogens (tertiary/aromatic N) is 1. The van der Waals surface area contributed by atoms with Gasteiger partial charge in [-0.2, -0.15) is 0 Å². The van der Waals surface area contributed by atoms with Gasteiger partial charge in [-0.15, -0.1) is 0 Å². The second-order valence-electron chi connectivity index (χ2n) is 5.40. The number of hydrogen-bond donors (Lipinski definition) is 0. The molecule has 0 atom stereocenters. The summed E-state index contributed by atoms with van der Waals surface area (Å²) in [7, 11) is 3.30. The van der Waals surface area contributed by atoms with Crippen LogP contribution >= 0.6 is 15.9 Å². The summed E-state index contributed by atoms with van der Waals surface area (Å²) in [4.78, 5) is 4.57. The molecule has 4 nitrogen and oxygen atoms in total. The van der Waals surface area contributed by atoms with Crippen LogP contribution in [-0.2, 0) is 6.61 Å². The van der Waals surface area contributed by atoms with E-state index in [9.17, 15) is 0 Å². The summed E-state index contributed by atoms with van der Waals surface area (Å²) in [6.45, 7) is 2.43. The maximum Gasteiger partial charge on any atom is 0.135 e. The van der Waals surface area contributed by atoms with Crippen molar-refractivity contribution in [2.24, 2.45) is 0 Å². The number of rotatable bonds is 5. The van der Waals surface area contributed by atoms with Gasteiger partial charge < -0.3 is 14.2 Å². The first-order chi connectivity index (χ1) is 11.6. The normalized spacial score (nSPS) is 10.7. The quantitative estimate of drug-likeness (QED) is 0.623. The predicted molar refractivity (Wildman–Crippen MR) is 98.1 cm³/mol. The molecule has 1 aromatic heterocycles. The Bertz CT molecular complexity index is 863. The summed E-state index contributed by atoms with van der Waals surface area (Å²) in [6, 6.07) is 13.7. The monoisotopic (exact) mass is 387 g/mol. The van der Waals surface area contributed by atoms with Crippen molar-refractivity contribution < 1.29 is 14.2 Å². The number of hydrogen-bond acceptors (Lipinski definition) is 4. The van der Waals surface area contributed by atoms with Crippen molar-refractivity contribution in [1.82, 2.24) is 4.98 Å². The lowest BCUT2D eigenvalue weighted by atomic mass is 10.1. The van der Waals surface area contributed by atoms with Crippen LogP contribution in [0.1, 0.15) is 11.3 Å². The van der Waals surface area contributed by atoms with E-state index < -0.39 is 0 Å². The Balaban J connectivity index is 1.91. The van der Waals surface area contributed by atoms with Gasteiger partial charge in [-0.05, 0) is 46.6 Å². The lowest BCUT2D eigenvalue weighted by Gasteiger charge is -2.12. The molecule has 0 aliphatic heterocycles. The molecule has 0 fully saturated rings. The SMILES string of the molecule is COc1ccc(COc2cc(C)nc3cc(OC)c(Br)cc23)cc1. The van der Waals surface area contributed by atoms with Gasteiger partial charge in [-0.25, -0.2) is 0 Å². The van der Waals surface area contributed by atoms with Crippen molar-refractivity contribution in [3.05, 3.63) is 58.2 Å². The minimum atomic E-state index is 0.478. The van der Waals surface area contributed by atoms with Crippen LogP contribution in [0.15, 0.2) is 46.9 Å². The van der Waals surface area contributed by atoms with Gasteiger partial charge in [0.25, 0.3) is 0 Å². The molecule has 3 aromatic rings. The van der Waals surface area contributed by atoms with E-state index in [1.165, 1.54) is 0 Å². The summed E-state index contributed by atoms with van der Waals surface area (Å²) in [5.41, 5.74) is 2.82. The number of pyridine rings is 1. The van der Waals surface area contributed by atoms with Gasteiger partial charge in [0, 0.05) is 23.2 Å². The van der Waals surface area contributed by atoms with Crippen LogP contribution in [0.4, 0.5) is 0 Å². The van der Waals surface area contributed by atoms with E-state index in [0.29, 0.717) is 6.61 Å². The fourth-order valence-corrected chi connectivity index (χ4v) is 2.99. The topological polar surface area (TPSA) is 40.6 Å². The largest absolute Gasteiger partial charge is 0.497 e. The van der Waals surface area contributed by atoms with E-state index >= 15 is 0 Å². The molecule has 0 radical (unpaired) electrons. The smallest absolute Gasteiger partial charge is 0.135 e. The number of halogens is 1. The molecule has 0 bridgehead atoms. The third-order valence-electron chi connectivity index (χ3n) is 3.73. The van der Waals surface area contributed by atoms with E-state index in [2.05, 4.69) is 20.9 Å². The molecule has 0 aliphatic rings. The Labute approximate surface area is 149 Å². The Hall–Kier alpha value is -2.27. The second kappa shape index (κ2) is 7.09. The third kappa shape index (κ3) is 3.46. The van der Waals surface area contributed by atoms with Crippen LogP contribution in [0.2, 0.25) is 0 Å². The van der Waals surface area contributed by atoms with Gasteiger partial charge in [0.2, 0.25) is 0 Å². The summed E-state index contributed by atoms with van der Waals surface area (Å²) < 4.78 is 17.4. The van der Waals surface area contributed by atoms with Crippen LogP contribution in [0.3, 0.4) is 0 Å². The highest BCUT2D eigenvalue weighted by Gasteiger charge is 2.10. The highest BCUT2D eigenvalue weighted by atomic mass is 79.9. The molecule has 0 saturated heterocycles. The average Bonchev–Trinajstić information content (AvgIpc) is 2.60. The minimum absolute atomic E-state index is 0.478. The highest BCUT2D eigenvalue weighted by Crippen LogP contribution is 2.34. The molecule has 0 saturated carbocycles. The molecule has 124 valence electrons. The summed E-state index contributed by atoms with van der Waals surface area (Å²) in [5, 5.41) is 0.946. The molecule has 0 amide bonds. The van der Waals surface area contributed by atoms with Crippen LogP contribution in [-0.4, -0.2) is 19.2 Å². The van der Waals surface area contributed by atoms with Crippen LogP contribution in [0, 0.1) is 6.92 Å².